The second kappa shape index (κ2) is 5.33. The predicted octanol–water partition coefficient (Wildman–Crippen LogP) is 4.21. The maximum absolute atomic E-state index is 3.65. The van der Waals surface area contributed by atoms with Crippen LogP contribution in [0.4, 0.5) is 0 Å². The first-order valence-corrected chi connectivity index (χ1v) is 6.93. The zero-order chi connectivity index (χ0) is 11.5. The second-order valence-corrected chi connectivity index (χ2v) is 5.74. The minimum Gasteiger partial charge on any atom is -0.313 e. The molecule has 2 heteroatoms. The van der Waals surface area contributed by atoms with Gasteiger partial charge in [-0.05, 0) is 44.4 Å². The van der Waals surface area contributed by atoms with Crippen molar-refractivity contribution >= 4 is 15.9 Å². The second-order valence-electron chi connectivity index (χ2n) is 4.89. The molecule has 1 aromatic rings. The number of hydrogen-bond donors (Lipinski definition) is 1. The van der Waals surface area contributed by atoms with E-state index >= 15 is 0 Å². The average Bonchev–Trinajstić information content (AvgIpc) is 3.07. The van der Waals surface area contributed by atoms with Crippen molar-refractivity contribution < 1.29 is 0 Å². The van der Waals surface area contributed by atoms with Gasteiger partial charge in [0.2, 0.25) is 0 Å². The van der Waals surface area contributed by atoms with Crippen molar-refractivity contribution in [2.45, 2.75) is 38.6 Å². The Kier molecular flexibility index (Phi) is 4.04. The molecule has 1 atom stereocenters. The summed E-state index contributed by atoms with van der Waals surface area (Å²) in [4.78, 5) is 0. The lowest BCUT2D eigenvalue weighted by atomic mass is 9.99. The first kappa shape index (κ1) is 12.1. The number of benzene rings is 1. The van der Waals surface area contributed by atoms with Crippen molar-refractivity contribution in [1.29, 1.82) is 0 Å². The molecule has 1 unspecified atom stereocenters. The maximum Gasteiger partial charge on any atom is 0.0328 e. The molecule has 1 aromatic carbocycles. The quantitative estimate of drug-likeness (QED) is 0.853. The van der Waals surface area contributed by atoms with E-state index in [0.29, 0.717) is 6.04 Å². The number of halogens is 1. The fraction of sp³-hybridized carbons (Fsp3) is 0.571. The molecule has 1 N–H and O–H groups in total. The Morgan fingerprint density at radius 3 is 2.81 bits per heavy atom. The molecule has 16 heavy (non-hydrogen) atoms. The van der Waals surface area contributed by atoms with Gasteiger partial charge in [0.15, 0.2) is 0 Å². The van der Waals surface area contributed by atoms with E-state index in [2.05, 4.69) is 53.4 Å². The van der Waals surface area contributed by atoms with Crippen molar-refractivity contribution in [1.82, 2.24) is 5.32 Å². The first-order chi connectivity index (χ1) is 7.70. The lowest BCUT2D eigenvalue weighted by Crippen LogP contribution is -2.17. The fourth-order valence-electron chi connectivity index (χ4n) is 2.19. The average molecular weight is 282 g/mol. The smallest absolute Gasteiger partial charge is 0.0328 e. The highest BCUT2D eigenvalue weighted by Crippen LogP contribution is 2.37. The van der Waals surface area contributed by atoms with Gasteiger partial charge in [0.1, 0.15) is 0 Å². The van der Waals surface area contributed by atoms with Crippen LogP contribution in [0.3, 0.4) is 0 Å². The molecule has 0 aromatic heterocycles. The van der Waals surface area contributed by atoms with Crippen molar-refractivity contribution in [3.05, 3.63) is 33.8 Å². The van der Waals surface area contributed by atoms with Gasteiger partial charge >= 0.3 is 0 Å². The lowest BCUT2D eigenvalue weighted by molar-refractivity contribution is 0.505. The largest absolute Gasteiger partial charge is 0.313 e. The summed E-state index contributed by atoms with van der Waals surface area (Å²) < 4.78 is 1.23. The van der Waals surface area contributed by atoms with E-state index < -0.39 is 0 Å². The van der Waals surface area contributed by atoms with Gasteiger partial charge in [0.25, 0.3) is 0 Å². The molecule has 0 radical (unpaired) electrons. The normalized spacial score (nSPS) is 17.4. The van der Waals surface area contributed by atoms with E-state index in [1.165, 1.54) is 41.3 Å². The minimum atomic E-state index is 0.495. The van der Waals surface area contributed by atoms with E-state index in [0.717, 1.165) is 5.92 Å². The summed E-state index contributed by atoms with van der Waals surface area (Å²) >= 11 is 3.65. The van der Waals surface area contributed by atoms with E-state index in [1.54, 1.807) is 0 Å². The number of hydrogen-bond acceptors (Lipinski definition) is 1. The van der Waals surface area contributed by atoms with E-state index in [-0.39, 0.29) is 0 Å². The molecular formula is C14H20BrN. The van der Waals surface area contributed by atoms with Crippen LogP contribution >= 0.6 is 15.9 Å². The molecule has 88 valence electrons. The molecule has 0 spiro atoms. The Bertz CT molecular complexity index is 358. The van der Waals surface area contributed by atoms with Gasteiger partial charge in [-0.25, -0.2) is 0 Å². The van der Waals surface area contributed by atoms with Crippen molar-refractivity contribution in [2.24, 2.45) is 5.92 Å². The number of aryl methyl sites for hydroxylation is 1. The summed E-state index contributed by atoms with van der Waals surface area (Å²) in [6.45, 7) is 2.16. The minimum absolute atomic E-state index is 0.495. The third-order valence-corrected chi connectivity index (χ3v) is 4.16. The highest BCUT2D eigenvalue weighted by Gasteiger charge is 2.23. The van der Waals surface area contributed by atoms with E-state index in [1.807, 2.05) is 0 Å². The van der Waals surface area contributed by atoms with Gasteiger partial charge in [-0.3, -0.25) is 0 Å². The molecule has 0 aliphatic heterocycles. The first-order valence-electron chi connectivity index (χ1n) is 6.14. The highest BCUT2D eigenvalue weighted by molar-refractivity contribution is 9.10. The van der Waals surface area contributed by atoms with Gasteiger partial charge in [-0.2, -0.15) is 0 Å². The van der Waals surface area contributed by atoms with E-state index in [4.69, 9.17) is 0 Å². The van der Waals surface area contributed by atoms with E-state index in [9.17, 15) is 0 Å². The molecule has 0 heterocycles. The van der Waals surface area contributed by atoms with Crippen LogP contribution in [0.15, 0.2) is 22.7 Å². The number of rotatable bonds is 5. The summed E-state index contributed by atoms with van der Waals surface area (Å²) in [5.74, 6) is 1.01. The Hall–Kier alpha value is -0.340. The summed E-state index contributed by atoms with van der Waals surface area (Å²) in [6.07, 6.45) is 5.52. The SMILES string of the molecule is CNC(CCC1CC1)c1cc(C)ccc1Br. The molecule has 1 saturated carbocycles. The van der Waals surface area contributed by atoms with Crippen molar-refractivity contribution in [3.63, 3.8) is 0 Å². The third kappa shape index (κ3) is 3.08. The molecular weight excluding hydrogens is 262 g/mol. The van der Waals surface area contributed by atoms with Gasteiger partial charge in [0, 0.05) is 10.5 Å². The molecule has 0 amide bonds. The van der Waals surface area contributed by atoms with Gasteiger partial charge in [-0.1, -0.05) is 46.5 Å². The van der Waals surface area contributed by atoms with Crippen LogP contribution in [0.2, 0.25) is 0 Å². The molecule has 0 saturated heterocycles. The molecule has 1 nitrogen and oxygen atoms in total. The zero-order valence-electron chi connectivity index (χ0n) is 10.1. The third-order valence-electron chi connectivity index (χ3n) is 3.44. The van der Waals surface area contributed by atoms with Gasteiger partial charge < -0.3 is 5.32 Å². The standard InChI is InChI=1S/C14H20BrN/c1-10-3-7-13(15)12(9-10)14(16-2)8-6-11-4-5-11/h3,7,9,11,14,16H,4-6,8H2,1-2H3. The Balaban J connectivity index is 2.07. The Morgan fingerprint density at radius 1 is 1.44 bits per heavy atom. The predicted molar refractivity (Wildman–Crippen MR) is 72.6 cm³/mol. The maximum atomic E-state index is 3.65. The Morgan fingerprint density at radius 2 is 2.19 bits per heavy atom. The Labute approximate surface area is 107 Å². The van der Waals surface area contributed by atoms with Crippen LogP contribution < -0.4 is 5.32 Å². The fourth-order valence-corrected chi connectivity index (χ4v) is 2.72. The van der Waals surface area contributed by atoms with Crippen LogP contribution in [0, 0.1) is 12.8 Å². The molecule has 2 rings (SSSR count). The van der Waals surface area contributed by atoms with Gasteiger partial charge in [0.05, 0.1) is 0 Å². The molecule has 1 aliphatic rings. The summed E-state index contributed by atoms with van der Waals surface area (Å²) in [6, 6.07) is 7.10. The van der Waals surface area contributed by atoms with Crippen molar-refractivity contribution in [2.75, 3.05) is 7.05 Å². The van der Waals surface area contributed by atoms with Crippen LogP contribution in [0.1, 0.15) is 42.9 Å². The van der Waals surface area contributed by atoms with Crippen LogP contribution in [-0.4, -0.2) is 7.05 Å². The zero-order valence-corrected chi connectivity index (χ0v) is 11.7. The van der Waals surface area contributed by atoms with Crippen LogP contribution in [0.5, 0.6) is 0 Å². The van der Waals surface area contributed by atoms with Crippen LogP contribution in [0.25, 0.3) is 0 Å². The molecule has 1 fully saturated rings. The monoisotopic (exact) mass is 281 g/mol. The lowest BCUT2D eigenvalue weighted by Gasteiger charge is -2.18. The number of nitrogens with one attached hydrogen (secondary N) is 1. The van der Waals surface area contributed by atoms with Crippen molar-refractivity contribution in [3.8, 4) is 0 Å². The summed E-state index contributed by atoms with van der Waals surface area (Å²) in [7, 11) is 2.06. The van der Waals surface area contributed by atoms with Crippen LogP contribution in [-0.2, 0) is 0 Å². The molecule has 1 aliphatic carbocycles. The molecule has 0 bridgehead atoms. The highest BCUT2D eigenvalue weighted by atomic mass is 79.9. The van der Waals surface area contributed by atoms with Gasteiger partial charge in [-0.15, -0.1) is 0 Å². The summed E-state index contributed by atoms with van der Waals surface area (Å²) in [5, 5.41) is 3.44. The topological polar surface area (TPSA) is 12.0 Å². The summed E-state index contributed by atoms with van der Waals surface area (Å²) in [5.41, 5.74) is 2.74.